The normalized spacial score (nSPS) is 19.2. The van der Waals surface area contributed by atoms with Crippen LogP contribution in [0, 0.1) is 5.92 Å². The molecule has 0 radical (unpaired) electrons. The number of amides is 2. The van der Waals surface area contributed by atoms with Crippen molar-refractivity contribution in [3.8, 4) is 5.75 Å². The highest BCUT2D eigenvalue weighted by Crippen LogP contribution is 2.24. The molecule has 1 saturated heterocycles. The van der Waals surface area contributed by atoms with Gasteiger partial charge in [0.1, 0.15) is 11.4 Å². The number of ether oxygens (including phenoxy) is 1. The lowest BCUT2D eigenvalue weighted by molar-refractivity contribution is -0.137. The van der Waals surface area contributed by atoms with E-state index in [2.05, 4.69) is 10.3 Å². The standard InChI is InChI=1S/C13H17N3O3/c1-16-6-4-9(7-12(16)17)13(18)15-10-8-14-5-3-11(10)19-2/h3,5,8-9H,4,6-7H2,1-2H3,(H,15,18). The third-order valence-electron chi connectivity index (χ3n) is 3.29. The molecule has 0 aromatic carbocycles. The van der Waals surface area contributed by atoms with Gasteiger partial charge in [0, 0.05) is 38.2 Å². The van der Waals surface area contributed by atoms with Gasteiger partial charge in [0.25, 0.3) is 0 Å². The summed E-state index contributed by atoms with van der Waals surface area (Å²) in [5.41, 5.74) is 0.529. The van der Waals surface area contributed by atoms with Crippen molar-refractivity contribution in [2.24, 2.45) is 5.92 Å². The lowest BCUT2D eigenvalue weighted by Gasteiger charge is -2.28. The number of aromatic nitrogens is 1. The lowest BCUT2D eigenvalue weighted by atomic mass is 9.95. The predicted octanol–water partition coefficient (Wildman–Crippen LogP) is 0.897. The minimum absolute atomic E-state index is 0.00421. The van der Waals surface area contributed by atoms with Crippen LogP contribution in [0.25, 0.3) is 0 Å². The molecule has 1 fully saturated rings. The van der Waals surface area contributed by atoms with Crippen molar-refractivity contribution in [3.63, 3.8) is 0 Å². The van der Waals surface area contributed by atoms with Gasteiger partial charge in [-0.3, -0.25) is 14.6 Å². The highest BCUT2D eigenvalue weighted by Gasteiger charge is 2.28. The molecule has 1 aromatic heterocycles. The molecule has 1 N–H and O–H groups in total. The van der Waals surface area contributed by atoms with Gasteiger partial charge in [0.05, 0.1) is 13.3 Å². The minimum atomic E-state index is -0.284. The van der Waals surface area contributed by atoms with Crippen molar-refractivity contribution in [2.75, 3.05) is 26.0 Å². The van der Waals surface area contributed by atoms with E-state index in [1.807, 2.05) is 0 Å². The van der Waals surface area contributed by atoms with Crippen LogP contribution >= 0.6 is 0 Å². The Kier molecular flexibility index (Phi) is 3.99. The summed E-state index contributed by atoms with van der Waals surface area (Å²) in [6.45, 7) is 0.612. The molecule has 2 heterocycles. The number of likely N-dealkylation sites (tertiary alicyclic amines) is 1. The average molecular weight is 263 g/mol. The zero-order chi connectivity index (χ0) is 13.8. The molecule has 1 atom stereocenters. The molecule has 1 unspecified atom stereocenters. The maximum absolute atomic E-state index is 12.1. The number of hydrogen-bond donors (Lipinski definition) is 1. The molecule has 2 rings (SSSR count). The summed E-state index contributed by atoms with van der Waals surface area (Å²) >= 11 is 0. The Balaban J connectivity index is 2.03. The van der Waals surface area contributed by atoms with Crippen LogP contribution in [0.1, 0.15) is 12.8 Å². The van der Waals surface area contributed by atoms with Crippen molar-refractivity contribution in [2.45, 2.75) is 12.8 Å². The van der Waals surface area contributed by atoms with Crippen LogP contribution in [0.5, 0.6) is 5.75 Å². The second kappa shape index (κ2) is 5.69. The van der Waals surface area contributed by atoms with Gasteiger partial charge in [-0.2, -0.15) is 0 Å². The Morgan fingerprint density at radius 2 is 2.37 bits per heavy atom. The molecule has 0 bridgehead atoms. The molecule has 6 heteroatoms. The van der Waals surface area contributed by atoms with Crippen molar-refractivity contribution < 1.29 is 14.3 Å². The van der Waals surface area contributed by atoms with E-state index in [9.17, 15) is 9.59 Å². The molecule has 1 aromatic rings. The van der Waals surface area contributed by atoms with Crippen LogP contribution in [0.2, 0.25) is 0 Å². The van der Waals surface area contributed by atoms with E-state index in [1.165, 1.54) is 13.3 Å². The molecule has 19 heavy (non-hydrogen) atoms. The zero-order valence-electron chi connectivity index (χ0n) is 11.0. The third kappa shape index (κ3) is 3.01. The fraction of sp³-hybridized carbons (Fsp3) is 0.462. The predicted molar refractivity (Wildman–Crippen MR) is 69.8 cm³/mol. The van der Waals surface area contributed by atoms with E-state index >= 15 is 0 Å². The number of anilines is 1. The van der Waals surface area contributed by atoms with Crippen LogP contribution in [0.15, 0.2) is 18.5 Å². The molecule has 0 aliphatic carbocycles. The van der Waals surface area contributed by atoms with Gasteiger partial charge >= 0.3 is 0 Å². The lowest BCUT2D eigenvalue weighted by Crippen LogP contribution is -2.39. The first kappa shape index (κ1) is 13.3. The summed E-state index contributed by atoms with van der Waals surface area (Å²) in [5, 5.41) is 2.77. The molecule has 1 aliphatic rings. The summed E-state index contributed by atoms with van der Waals surface area (Å²) in [4.78, 5) is 29.3. The number of nitrogens with zero attached hydrogens (tertiary/aromatic N) is 2. The largest absolute Gasteiger partial charge is 0.494 e. The first-order valence-electron chi connectivity index (χ1n) is 6.14. The molecule has 2 amide bonds. The second-order valence-corrected chi connectivity index (χ2v) is 4.57. The van der Waals surface area contributed by atoms with E-state index in [1.54, 1.807) is 24.2 Å². The molecule has 102 valence electrons. The van der Waals surface area contributed by atoms with Crippen molar-refractivity contribution in [1.82, 2.24) is 9.88 Å². The van der Waals surface area contributed by atoms with Crippen molar-refractivity contribution in [1.29, 1.82) is 0 Å². The summed E-state index contributed by atoms with van der Waals surface area (Å²) in [6, 6.07) is 1.68. The van der Waals surface area contributed by atoms with E-state index < -0.39 is 0 Å². The average Bonchev–Trinajstić information content (AvgIpc) is 2.42. The number of rotatable bonds is 3. The smallest absolute Gasteiger partial charge is 0.228 e. The minimum Gasteiger partial charge on any atom is -0.494 e. The van der Waals surface area contributed by atoms with Crippen LogP contribution in [-0.2, 0) is 9.59 Å². The third-order valence-corrected chi connectivity index (χ3v) is 3.29. The van der Waals surface area contributed by atoms with Crippen molar-refractivity contribution in [3.05, 3.63) is 18.5 Å². The van der Waals surface area contributed by atoms with Gasteiger partial charge in [-0.05, 0) is 6.42 Å². The number of carbonyl (C=O) groups is 2. The Morgan fingerprint density at radius 3 is 3.05 bits per heavy atom. The molecule has 0 saturated carbocycles. The summed E-state index contributed by atoms with van der Waals surface area (Å²) < 4.78 is 5.14. The molecular formula is C13H17N3O3. The second-order valence-electron chi connectivity index (χ2n) is 4.57. The van der Waals surface area contributed by atoms with Crippen LogP contribution in [0.4, 0.5) is 5.69 Å². The maximum Gasteiger partial charge on any atom is 0.228 e. The zero-order valence-corrected chi connectivity index (χ0v) is 11.0. The molecule has 6 nitrogen and oxygen atoms in total. The van der Waals surface area contributed by atoms with E-state index in [0.717, 1.165) is 0 Å². The number of pyridine rings is 1. The summed E-state index contributed by atoms with van der Waals surface area (Å²) in [7, 11) is 3.28. The fourth-order valence-corrected chi connectivity index (χ4v) is 2.06. The number of carbonyl (C=O) groups excluding carboxylic acids is 2. The van der Waals surface area contributed by atoms with Gasteiger partial charge in [-0.25, -0.2) is 0 Å². The van der Waals surface area contributed by atoms with E-state index in [0.29, 0.717) is 24.4 Å². The topological polar surface area (TPSA) is 71.5 Å². The quantitative estimate of drug-likeness (QED) is 0.879. The summed E-state index contributed by atoms with van der Waals surface area (Å²) in [6.07, 6.45) is 4.06. The SMILES string of the molecule is COc1ccncc1NC(=O)C1CCN(C)C(=O)C1. The number of hydrogen-bond acceptors (Lipinski definition) is 4. The van der Waals surface area contributed by atoms with Gasteiger partial charge in [-0.1, -0.05) is 0 Å². The maximum atomic E-state index is 12.1. The highest BCUT2D eigenvalue weighted by molar-refractivity contribution is 5.96. The van der Waals surface area contributed by atoms with Crippen LogP contribution < -0.4 is 10.1 Å². The van der Waals surface area contributed by atoms with Gasteiger partial charge in [0.2, 0.25) is 11.8 Å². The van der Waals surface area contributed by atoms with Gasteiger partial charge in [0.15, 0.2) is 0 Å². The van der Waals surface area contributed by atoms with Crippen molar-refractivity contribution >= 4 is 17.5 Å². The molecule has 0 spiro atoms. The number of piperidine rings is 1. The first-order valence-corrected chi connectivity index (χ1v) is 6.14. The first-order chi connectivity index (χ1) is 9.11. The van der Waals surface area contributed by atoms with Gasteiger partial charge in [-0.15, -0.1) is 0 Å². The number of nitrogens with one attached hydrogen (secondary N) is 1. The molecular weight excluding hydrogens is 246 g/mol. The van der Waals surface area contributed by atoms with E-state index in [4.69, 9.17) is 4.74 Å². The fourth-order valence-electron chi connectivity index (χ4n) is 2.06. The Bertz CT molecular complexity index is 490. The summed E-state index contributed by atoms with van der Waals surface area (Å²) in [5.74, 6) is 0.119. The van der Waals surface area contributed by atoms with Gasteiger partial charge < -0.3 is 15.0 Å². The Hall–Kier alpha value is -2.11. The highest BCUT2D eigenvalue weighted by atomic mass is 16.5. The number of methoxy groups -OCH3 is 1. The monoisotopic (exact) mass is 263 g/mol. The van der Waals surface area contributed by atoms with E-state index in [-0.39, 0.29) is 24.2 Å². The van der Waals surface area contributed by atoms with Crippen LogP contribution in [-0.4, -0.2) is 42.4 Å². The Morgan fingerprint density at radius 1 is 1.58 bits per heavy atom. The molecule has 1 aliphatic heterocycles. The van der Waals surface area contributed by atoms with Crippen LogP contribution in [0.3, 0.4) is 0 Å². The Labute approximate surface area is 111 Å².